The number of hydrogen-bond acceptors (Lipinski definition) is 9. The summed E-state index contributed by atoms with van der Waals surface area (Å²) in [5.41, 5.74) is 2.43. The number of nitrogens with one attached hydrogen (secondary N) is 2. The molecule has 2 unspecified atom stereocenters. The maximum atomic E-state index is 14.0. The molecule has 0 radical (unpaired) electrons. The summed E-state index contributed by atoms with van der Waals surface area (Å²) in [7, 11) is 0.0118. The van der Waals surface area contributed by atoms with E-state index in [1.165, 1.54) is 0 Å². The number of fused-ring (bicyclic) bond motifs is 1. The van der Waals surface area contributed by atoms with Crippen LogP contribution in [-0.4, -0.2) is 86.9 Å². The van der Waals surface area contributed by atoms with Crippen molar-refractivity contribution in [3.05, 3.63) is 89.5 Å². The van der Waals surface area contributed by atoms with Crippen molar-refractivity contribution in [3.8, 4) is 0 Å². The summed E-state index contributed by atoms with van der Waals surface area (Å²) in [6, 6.07) is 21.2. The number of rotatable bonds is 12. The average molecular weight is 710 g/mol. The molecule has 3 aromatic rings. The average Bonchev–Trinajstić information content (AvgIpc) is 3.17. The van der Waals surface area contributed by atoms with Gasteiger partial charge in [-0.2, -0.15) is 0 Å². The lowest BCUT2D eigenvalue weighted by Gasteiger charge is -2.39. The minimum Gasteiger partial charge on any atom is -0.394 e. The first-order valence-corrected chi connectivity index (χ1v) is 19.1. The Kier molecular flexibility index (Phi) is 12.2. The van der Waals surface area contributed by atoms with Crippen LogP contribution < -0.4 is 15.5 Å². The van der Waals surface area contributed by atoms with Crippen molar-refractivity contribution in [2.24, 2.45) is 5.41 Å². The van der Waals surface area contributed by atoms with Crippen LogP contribution in [0, 0.1) is 5.41 Å². The summed E-state index contributed by atoms with van der Waals surface area (Å²) < 4.78 is 39.8. The number of carbonyl (C=O) groups is 1. The second kappa shape index (κ2) is 16.2. The van der Waals surface area contributed by atoms with Gasteiger partial charge in [0.15, 0.2) is 16.1 Å². The molecule has 2 heterocycles. The van der Waals surface area contributed by atoms with Gasteiger partial charge in [0.1, 0.15) is 6.10 Å². The number of anilines is 2. The zero-order chi connectivity index (χ0) is 36.1. The quantitative estimate of drug-likeness (QED) is 0.178. The van der Waals surface area contributed by atoms with Crippen LogP contribution >= 0.6 is 0 Å². The van der Waals surface area contributed by atoms with Crippen LogP contribution in [0.15, 0.2) is 77.7 Å². The molecule has 0 bridgehead atoms. The molecular weight excluding hydrogens is 658 g/mol. The highest BCUT2D eigenvalue weighted by molar-refractivity contribution is 7.91. The largest absolute Gasteiger partial charge is 0.394 e. The van der Waals surface area contributed by atoms with E-state index in [0.717, 1.165) is 24.1 Å². The molecule has 0 aliphatic carbocycles. The van der Waals surface area contributed by atoms with Crippen LogP contribution in [0.3, 0.4) is 0 Å². The van der Waals surface area contributed by atoms with Crippen LogP contribution in [0.5, 0.6) is 0 Å². The minimum atomic E-state index is -3.75. The third-order valence-electron chi connectivity index (χ3n) is 10.1. The molecule has 272 valence electrons. The van der Waals surface area contributed by atoms with E-state index in [1.54, 1.807) is 30.3 Å². The molecule has 11 nitrogen and oxygen atoms in total. The standard InChI is InChI=1S/C38H51N3O8S/c1-5-7-18-38(6-2)24-50(46,47)32-17-16-28(41(3)4)20-30(32)33(35(38)44)26-14-11-15-27(19-26)39-37(45)40-36-34(43)31(21-29(22-42)49-36)48-23-25-12-9-8-10-13-25/h8-17,19-20,29,31,33-36,42-44H,5-7,18,21-24H2,1-4H3,(H2,39,40,45)/t29?,31-,33-,34+,35-,36?,38+/m0/s1. The fourth-order valence-electron chi connectivity index (χ4n) is 7.23. The Hall–Kier alpha value is -3.52. The maximum absolute atomic E-state index is 14.0. The predicted octanol–water partition coefficient (Wildman–Crippen LogP) is 4.79. The summed E-state index contributed by atoms with van der Waals surface area (Å²) in [6.45, 7) is 3.93. The molecule has 5 N–H and O–H groups in total. The Morgan fingerprint density at radius 2 is 1.80 bits per heavy atom. The van der Waals surface area contributed by atoms with Gasteiger partial charge in [-0.05, 0) is 59.9 Å². The molecule has 7 atom stereocenters. The first-order valence-electron chi connectivity index (χ1n) is 17.4. The number of sulfone groups is 1. The van der Waals surface area contributed by atoms with Gasteiger partial charge in [-0.15, -0.1) is 0 Å². The Balaban J connectivity index is 1.41. The first kappa shape index (κ1) is 37.7. The number of urea groups is 1. The van der Waals surface area contributed by atoms with Crippen LogP contribution in [-0.2, 0) is 25.9 Å². The van der Waals surface area contributed by atoms with Crippen LogP contribution in [0.1, 0.15) is 68.6 Å². The van der Waals surface area contributed by atoms with E-state index in [4.69, 9.17) is 9.47 Å². The van der Waals surface area contributed by atoms with Gasteiger partial charge in [-0.3, -0.25) is 0 Å². The van der Waals surface area contributed by atoms with Gasteiger partial charge in [0.2, 0.25) is 0 Å². The fourth-order valence-corrected chi connectivity index (χ4v) is 9.48. The van der Waals surface area contributed by atoms with Crippen molar-refractivity contribution in [3.63, 3.8) is 0 Å². The lowest BCUT2D eigenvalue weighted by Crippen LogP contribution is -2.58. The van der Waals surface area contributed by atoms with Gasteiger partial charge in [-0.25, -0.2) is 13.2 Å². The van der Waals surface area contributed by atoms with Crippen molar-refractivity contribution in [2.45, 2.75) is 94.0 Å². The number of benzene rings is 3. The van der Waals surface area contributed by atoms with Crippen LogP contribution in [0.2, 0.25) is 0 Å². The topological polar surface area (TPSA) is 158 Å². The van der Waals surface area contributed by atoms with Crippen molar-refractivity contribution in [2.75, 3.05) is 36.7 Å². The summed E-state index contributed by atoms with van der Waals surface area (Å²) in [6.07, 6.45) is -1.80. The van der Waals surface area contributed by atoms with Gasteiger partial charge in [0.05, 0.1) is 42.2 Å². The highest BCUT2D eigenvalue weighted by Crippen LogP contribution is 2.49. The molecule has 0 saturated carbocycles. The zero-order valence-electron chi connectivity index (χ0n) is 29.3. The normalized spacial score (nSPS) is 27.5. The third kappa shape index (κ3) is 8.33. The van der Waals surface area contributed by atoms with Gasteiger partial charge >= 0.3 is 6.03 Å². The highest BCUT2D eigenvalue weighted by atomic mass is 32.2. The minimum absolute atomic E-state index is 0.155. The molecule has 2 aliphatic rings. The Morgan fingerprint density at radius 1 is 1.04 bits per heavy atom. The lowest BCUT2D eigenvalue weighted by molar-refractivity contribution is -0.198. The summed E-state index contributed by atoms with van der Waals surface area (Å²) in [4.78, 5) is 15.4. The van der Waals surface area contributed by atoms with E-state index >= 15 is 0 Å². The van der Waals surface area contributed by atoms with E-state index in [9.17, 15) is 28.5 Å². The molecule has 0 spiro atoms. The molecule has 50 heavy (non-hydrogen) atoms. The number of nitrogens with zero attached hydrogens (tertiary/aromatic N) is 1. The third-order valence-corrected chi connectivity index (χ3v) is 12.1. The molecule has 12 heteroatoms. The van der Waals surface area contributed by atoms with Gasteiger partial charge in [0, 0.05) is 43.2 Å². The van der Waals surface area contributed by atoms with Gasteiger partial charge in [0.25, 0.3) is 0 Å². The fraction of sp³-hybridized carbons (Fsp3) is 0.500. The molecule has 3 aromatic carbocycles. The van der Waals surface area contributed by atoms with Crippen molar-refractivity contribution in [1.82, 2.24) is 5.32 Å². The molecule has 2 amide bonds. The number of aliphatic hydroxyl groups is 3. The molecule has 2 aliphatic heterocycles. The Bertz CT molecular complexity index is 1710. The second-order valence-electron chi connectivity index (χ2n) is 13.8. The number of carbonyl (C=O) groups excluding carboxylic acids is 1. The summed E-state index contributed by atoms with van der Waals surface area (Å²) in [5.74, 6) is -0.850. The number of ether oxygens (including phenoxy) is 2. The van der Waals surface area contributed by atoms with E-state index < -0.39 is 57.8 Å². The summed E-state index contributed by atoms with van der Waals surface area (Å²) in [5, 5.41) is 38.7. The molecular formula is C38H51N3O8S. The number of aliphatic hydroxyl groups excluding tert-OH is 3. The lowest BCUT2D eigenvalue weighted by atomic mass is 9.69. The Labute approximate surface area is 295 Å². The first-order chi connectivity index (χ1) is 23.9. The predicted molar refractivity (Wildman–Crippen MR) is 193 cm³/mol. The van der Waals surface area contributed by atoms with Gasteiger partial charge in [-0.1, -0.05) is 69.2 Å². The van der Waals surface area contributed by atoms with Crippen molar-refractivity contribution in [1.29, 1.82) is 0 Å². The number of amides is 2. The van der Waals surface area contributed by atoms with Gasteiger partial charge < -0.3 is 40.3 Å². The van der Waals surface area contributed by atoms with Crippen LogP contribution in [0.25, 0.3) is 0 Å². The highest BCUT2D eigenvalue weighted by Gasteiger charge is 2.49. The zero-order valence-corrected chi connectivity index (χ0v) is 30.1. The maximum Gasteiger partial charge on any atom is 0.321 e. The van der Waals surface area contributed by atoms with Crippen molar-refractivity contribution >= 4 is 27.2 Å². The van der Waals surface area contributed by atoms with Crippen LogP contribution in [0.4, 0.5) is 16.2 Å². The summed E-state index contributed by atoms with van der Waals surface area (Å²) >= 11 is 0. The SMILES string of the molecule is CCCC[C@]1(CC)CS(=O)(=O)c2ccc(N(C)C)cc2[C@H](c2cccc(NC(=O)NC3OC(CO)C[C@H](OCc4ccccc4)[C@H]3O)c2)[C@@H]1O. The Morgan fingerprint density at radius 3 is 2.48 bits per heavy atom. The number of unbranched alkanes of at least 4 members (excludes halogenated alkanes) is 1. The monoisotopic (exact) mass is 709 g/mol. The molecule has 1 fully saturated rings. The molecule has 5 rings (SSSR count). The molecule has 0 aromatic heterocycles. The second-order valence-corrected chi connectivity index (χ2v) is 15.7. The van der Waals surface area contributed by atoms with Crippen molar-refractivity contribution < 1.29 is 38.0 Å². The van der Waals surface area contributed by atoms with E-state index in [2.05, 4.69) is 17.6 Å². The van der Waals surface area contributed by atoms with E-state index in [1.807, 2.05) is 68.4 Å². The molecule has 1 saturated heterocycles. The number of hydrogen-bond donors (Lipinski definition) is 5. The van der Waals surface area contributed by atoms with E-state index in [-0.39, 0.29) is 30.3 Å². The van der Waals surface area contributed by atoms with E-state index in [0.29, 0.717) is 29.7 Å². The smallest absolute Gasteiger partial charge is 0.321 e.